The molecule has 6 heteroatoms. The van der Waals surface area contributed by atoms with Crippen molar-refractivity contribution >= 4 is 5.91 Å². The fourth-order valence-corrected chi connectivity index (χ4v) is 1.24. The second kappa shape index (κ2) is 5.00. The van der Waals surface area contributed by atoms with E-state index in [1.807, 2.05) is 5.32 Å². The first-order valence-corrected chi connectivity index (χ1v) is 4.53. The van der Waals surface area contributed by atoms with Crippen LogP contribution < -0.4 is 11.2 Å². The Kier molecular flexibility index (Phi) is 3.92. The first kappa shape index (κ1) is 12.5. The molecule has 16 heavy (non-hydrogen) atoms. The van der Waals surface area contributed by atoms with E-state index in [9.17, 15) is 13.6 Å². The Hall–Kier alpha value is -1.53. The van der Waals surface area contributed by atoms with Gasteiger partial charge in [0.1, 0.15) is 0 Å². The zero-order valence-corrected chi connectivity index (χ0v) is 8.67. The molecule has 0 saturated carbocycles. The summed E-state index contributed by atoms with van der Waals surface area (Å²) in [6.07, 6.45) is 0. The summed E-state index contributed by atoms with van der Waals surface area (Å²) in [7, 11) is 1.16. The summed E-state index contributed by atoms with van der Waals surface area (Å²) in [6.45, 7) is 0.0116. The Morgan fingerprint density at radius 2 is 2.25 bits per heavy atom. The van der Waals surface area contributed by atoms with Gasteiger partial charge in [0, 0.05) is 12.6 Å². The van der Waals surface area contributed by atoms with Crippen LogP contribution in [0.4, 0.5) is 8.78 Å². The van der Waals surface area contributed by atoms with Crippen molar-refractivity contribution in [1.29, 1.82) is 0 Å². The standard InChI is InChI=1S/C10H12F2N2O2/c1-14-9(15)10(11,12)8-4-2-3-7(5-8)6-16-13/h2-5H,6,13H2,1H3,(H,14,15). The van der Waals surface area contributed by atoms with Crippen LogP contribution >= 0.6 is 0 Å². The Bertz CT molecular complexity index is 383. The topological polar surface area (TPSA) is 64.3 Å². The van der Waals surface area contributed by atoms with Gasteiger partial charge in [-0.3, -0.25) is 9.63 Å². The second-order valence-electron chi connectivity index (χ2n) is 3.16. The van der Waals surface area contributed by atoms with Crippen LogP contribution in [0.5, 0.6) is 0 Å². The van der Waals surface area contributed by atoms with Crippen LogP contribution in [0.2, 0.25) is 0 Å². The largest absolute Gasteiger partial charge is 0.354 e. The van der Waals surface area contributed by atoms with E-state index in [2.05, 4.69) is 4.84 Å². The molecule has 4 nitrogen and oxygen atoms in total. The molecule has 0 aliphatic rings. The van der Waals surface area contributed by atoms with Crippen molar-refractivity contribution in [2.45, 2.75) is 12.5 Å². The maximum absolute atomic E-state index is 13.5. The Morgan fingerprint density at radius 3 is 2.81 bits per heavy atom. The summed E-state index contributed by atoms with van der Waals surface area (Å²) in [6, 6.07) is 5.36. The van der Waals surface area contributed by atoms with Gasteiger partial charge < -0.3 is 5.32 Å². The molecule has 0 saturated heterocycles. The van der Waals surface area contributed by atoms with Crippen molar-refractivity contribution in [3.8, 4) is 0 Å². The van der Waals surface area contributed by atoms with E-state index in [4.69, 9.17) is 5.90 Å². The summed E-state index contributed by atoms with van der Waals surface area (Å²) in [5.41, 5.74) is 0.0879. The van der Waals surface area contributed by atoms with E-state index in [0.717, 1.165) is 7.05 Å². The third-order valence-corrected chi connectivity index (χ3v) is 2.05. The summed E-state index contributed by atoms with van der Waals surface area (Å²) in [5, 5.41) is 1.91. The average molecular weight is 230 g/mol. The fourth-order valence-electron chi connectivity index (χ4n) is 1.24. The number of benzene rings is 1. The maximum Gasteiger partial charge on any atom is 0.349 e. The van der Waals surface area contributed by atoms with Gasteiger partial charge in [0.2, 0.25) is 0 Å². The quantitative estimate of drug-likeness (QED) is 0.756. The fraction of sp³-hybridized carbons (Fsp3) is 0.300. The number of nitrogens with two attached hydrogens (primary N) is 1. The number of rotatable bonds is 4. The number of carbonyl (C=O) groups is 1. The molecular formula is C10H12F2N2O2. The van der Waals surface area contributed by atoms with Gasteiger partial charge in [-0.15, -0.1) is 0 Å². The average Bonchev–Trinajstić information content (AvgIpc) is 2.28. The predicted octanol–water partition coefficient (Wildman–Crippen LogP) is 0.915. The molecular weight excluding hydrogens is 218 g/mol. The van der Waals surface area contributed by atoms with Gasteiger partial charge in [0.15, 0.2) is 0 Å². The highest BCUT2D eigenvalue weighted by molar-refractivity contribution is 5.84. The van der Waals surface area contributed by atoms with E-state index in [-0.39, 0.29) is 12.2 Å². The van der Waals surface area contributed by atoms with Crippen molar-refractivity contribution in [1.82, 2.24) is 5.32 Å². The highest BCUT2D eigenvalue weighted by Crippen LogP contribution is 2.28. The zero-order chi connectivity index (χ0) is 12.2. The van der Waals surface area contributed by atoms with Crippen molar-refractivity contribution in [3.05, 3.63) is 35.4 Å². The lowest BCUT2D eigenvalue weighted by molar-refractivity contribution is -0.146. The lowest BCUT2D eigenvalue weighted by Gasteiger charge is -2.15. The van der Waals surface area contributed by atoms with Crippen LogP contribution in [-0.2, 0) is 22.2 Å². The van der Waals surface area contributed by atoms with Crippen LogP contribution in [0.25, 0.3) is 0 Å². The van der Waals surface area contributed by atoms with Crippen LogP contribution in [-0.4, -0.2) is 13.0 Å². The van der Waals surface area contributed by atoms with Gasteiger partial charge >= 0.3 is 5.92 Å². The minimum absolute atomic E-state index is 0.0116. The molecule has 1 aromatic carbocycles. The molecule has 0 heterocycles. The molecule has 0 aromatic heterocycles. The molecule has 0 spiro atoms. The molecule has 1 aromatic rings. The van der Waals surface area contributed by atoms with E-state index >= 15 is 0 Å². The lowest BCUT2D eigenvalue weighted by atomic mass is 10.0. The van der Waals surface area contributed by atoms with Crippen molar-refractivity contribution in [2.75, 3.05) is 7.05 Å². The first-order chi connectivity index (χ1) is 7.52. The highest BCUT2D eigenvalue weighted by Gasteiger charge is 2.40. The number of amides is 1. The maximum atomic E-state index is 13.5. The zero-order valence-electron chi connectivity index (χ0n) is 8.67. The van der Waals surface area contributed by atoms with Crippen LogP contribution in [0, 0.1) is 0 Å². The molecule has 1 rings (SSSR count). The Labute approximate surface area is 91.3 Å². The predicted molar refractivity (Wildman–Crippen MR) is 53.4 cm³/mol. The Balaban J connectivity index is 3.03. The van der Waals surface area contributed by atoms with Gasteiger partial charge in [-0.2, -0.15) is 8.78 Å². The van der Waals surface area contributed by atoms with E-state index in [0.29, 0.717) is 5.56 Å². The van der Waals surface area contributed by atoms with Gasteiger partial charge in [0.25, 0.3) is 5.91 Å². The third-order valence-electron chi connectivity index (χ3n) is 2.05. The van der Waals surface area contributed by atoms with E-state index in [1.54, 1.807) is 6.07 Å². The lowest BCUT2D eigenvalue weighted by Crippen LogP contribution is -2.35. The van der Waals surface area contributed by atoms with E-state index in [1.165, 1.54) is 18.2 Å². The summed E-state index contributed by atoms with van der Waals surface area (Å²) >= 11 is 0. The van der Waals surface area contributed by atoms with Crippen molar-refractivity contribution < 1.29 is 18.4 Å². The number of hydrogen-bond donors (Lipinski definition) is 2. The van der Waals surface area contributed by atoms with Crippen molar-refractivity contribution in [2.24, 2.45) is 5.90 Å². The van der Waals surface area contributed by atoms with Gasteiger partial charge in [-0.1, -0.05) is 18.2 Å². The molecule has 1 amide bonds. The minimum Gasteiger partial charge on any atom is -0.354 e. The van der Waals surface area contributed by atoms with Crippen LogP contribution in [0.3, 0.4) is 0 Å². The number of likely N-dealkylation sites (N-methyl/N-ethyl adjacent to an activating group) is 1. The normalized spacial score (nSPS) is 11.2. The molecule has 0 aliphatic carbocycles. The SMILES string of the molecule is CNC(=O)C(F)(F)c1cccc(CON)c1. The van der Waals surface area contributed by atoms with E-state index < -0.39 is 11.8 Å². The first-order valence-electron chi connectivity index (χ1n) is 4.53. The number of nitrogens with one attached hydrogen (secondary N) is 1. The second-order valence-corrected chi connectivity index (χ2v) is 3.16. The molecule has 0 fully saturated rings. The Morgan fingerprint density at radius 1 is 1.56 bits per heavy atom. The summed E-state index contributed by atoms with van der Waals surface area (Å²) in [4.78, 5) is 15.3. The molecule has 0 unspecified atom stereocenters. The number of carbonyl (C=O) groups excluding carboxylic acids is 1. The minimum atomic E-state index is -3.56. The number of hydrogen-bond acceptors (Lipinski definition) is 3. The van der Waals surface area contributed by atoms with Crippen LogP contribution in [0.15, 0.2) is 24.3 Å². The third kappa shape index (κ3) is 2.53. The van der Waals surface area contributed by atoms with Gasteiger partial charge in [-0.25, -0.2) is 5.90 Å². The molecule has 0 aliphatic heterocycles. The number of alkyl halides is 2. The highest BCUT2D eigenvalue weighted by atomic mass is 19.3. The molecule has 3 N–H and O–H groups in total. The van der Waals surface area contributed by atoms with Crippen molar-refractivity contribution in [3.63, 3.8) is 0 Å². The summed E-state index contributed by atoms with van der Waals surface area (Å²) < 4.78 is 27.0. The molecule has 0 bridgehead atoms. The summed E-state index contributed by atoms with van der Waals surface area (Å²) in [5.74, 6) is -0.0661. The van der Waals surface area contributed by atoms with Crippen LogP contribution in [0.1, 0.15) is 11.1 Å². The molecule has 0 atom stereocenters. The monoisotopic (exact) mass is 230 g/mol. The van der Waals surface area contributed by atoms with Gasteiger partial charge in [-0.05, 0) is 11.6 Å². The molecule has 0 radical (unpaired) electrons. The van der Waals surface area contributed by atoms with Gasteiger partial charge in [0.05, 0.1) is 6.61 Å². The molecule has 88 valence electrons. The smallest absolute Gasteiger partial charge is 0.349 e. The number of halogens is 2.